The molecule has 3 nitrogen and oxygen atoms in total. The summed E-state index contributed by atoms with van der Waals surface area (Å²) in [5.74, 6) is 0. The summed E-state index contributed by atoms with van der Waals surface area (Å²) in [5.41, 5.74) is 1.53. The van der Waals surface area contributed by atoms with Gasteiger partial charge in [0, 0.05) is 24.3 Å². The molecule has 1 aromatic carbocycles. The Morgan fingerprint density at radius 2 is 1.56 bits per heavy atom. The minimum atomic E-state index is -0.162. The fraction of sp³-hybridized carbons (Fsp3) is 0.533. The van der Waals surface area contributed by atoms with Crippen molar-refractivity contribution >= 4 is 12.0 Å². The summed E-state index contributed by atoms with van der Waals surface area (Å²) in [5, 5.41) is 0. The van der Waals surface area contributed by atoms with Crippen LogP contribution in [0.3, 0.4) is 0 Å². The lowest BCUT2D eigenvalue weighted by Gasteiger charge is -2.48. The zero-order valence-corrected chi connectivity index (χ0v) is 11.6. The summed E-state index contributed by atoms with van der Waals surface area (Å²) in [4.78, 5) is 13.0. The van der Waals surface area contributed by atoms with E-state index < -0.39 is 0 Å². The van der Waals surface area contributed by atoms with Gasteiger partial charge in [-0.3, -0.25) is 4.79 Å². The molecule has 3 heteroatoms. The first-order valence-corrected chi connectivity index (χ1v) is 6.32. The fourth-order valence-electron chi connectivity index (χ4n) is 2.73. The number of benzene rings is 1. The second kappa shape index (κ2) is 4.39. The van der Waals surface area contributed by atoms with E-state index in [0.29, 0.717) is 5.56 Å². The number of hydrogen-bond acceptors (Lipinski definition) is 3. The first kappa shape index (κ1) is 13.1. The molecular formula is C15H21NO2. The maximum atomic E-state index is 10.7. The number of aldehydes is 1. The largest absolute Gasteiger partial charge is 0.366 e. The zero-order chi connectivity index (χ0) is 13.4. The Bertz CT molecular complexity index is 418. The maximum Gasteiger partial charge on any atom is 0.150 e. The van der Waals surface area contributed by atoms with Crippen LogP contribution in [0.25, 0.3) is 0 Å². The second-order valence-corrected chi connectivity index (χ2v) is 6.19. The third kappa shape index (κ3) is 2.91. The lowest BCUT2D eigenvalue weighted by atomic mass is 9.98. The number of carbonyl (C=O) groups excluding carboxylic acids is 1. The molecule has 0 atom stereocenters. The molecule has 2 rings (SSSR count). The predicted octanol–water partition coefficient (Wildman–Crippen LogP) is 2.89. The number of rotatable bonds is 2. The van der Waals surface area contributed by atoms with Gasteiger partial charge in [0.2, 0.25) is 0 Å². The van der Waals surface area contributed by atoms with Gasteiger partial charge in [-0.25, -0.2) is 0 Å². The van der Waals surface area contributed by atoms with E-state index in [9.17, 15) is 4.79 Å². The van der Waals surface area contributed by atoms with Crippen molar-refractivity contribution in [2.75, 3.05) is 18.0 Å². The highest BCUT2D eigenvalue weighted by Crippen LogP contribution is 2.31. The Morgan fingerprint density at radius 1 is 1.06 bits per heavy atom. The van der Waals surface area contributed by atoms with E-state index >= 15 is 0 Å². The molecule has 18 heavy (non-hydrogen) atoms. The third-order valence-corrected chi connectivity index (χ3v) is 3.09. The summed E-state index contributed by atoms with van der Waals surface area (Å²) < 4.78 is 6.06. The molecule has 1 aliphatic rings. The van der Waals surface area contributed by atoms with Crippen LogP contribution in [0.1, 0.15) is 38.1 Å². The van der Waals surface area contributed by atoms with Crippen molar-refractivity contribution in [1.82, 2.24) is 0 Å². The lowest BCUT2D eigenvalue weighted by molar-refractivity contribution is -0.133. The van der Waals surface area contributed by atoms with Crippen molar-refractivity contribution in [3.05, 3.63) is 29.8 Å². The molecule has 0 aromatic heterocycles. The SMILES string of the molecule is CC1(C)CN(c2ccc(C=O)cc2)CC(C)(C)O1. The van der Waals surface area contributed by atoms with Crippen LogP contribution >= 0.6 is 0 Å². The molecule has 0 bridgehead atoms. The Kier molecular flexibility index (Phi) is 3.20. The molecule has 1 aromatic rings. The molecule has 1 saturated heterocycles. The van der Waals surface area contributed by atoms with Crippen LogP contribution in [0.4, 0.5) is 5.69 Å². The van der Waals surface area contributed by atoms with Crippen LogP contribution in [0.2, 0.25) is 0 Å². The van der Waals surface area contributed by atoms with Crippen LogP contribution in [0, 0.1) is 0 Å². The van der Waals surface area contributed by atoms with Gasteiger partial charge in [-0.1, -0.05) is 0 Å². The summed E-state index contributed by atoms with van der Waals surface area (Å²) in [6.45, 7) is 10.2. The molecular weight excluding hydrogens is 226 g/mol. The molecule has 0 amide bonds. The van der Waals surface area contributed by atoms with E-state index in [2.05, 4.69) is 32.6 Å². The van der Waals surface area contributed by atoms with Crippen LogP contribution in [0.5, 0.6) is 0 Å². The van der Waals surface area contributed by atoms with Crippen molar-refractivity contribution < 1.29 is 9.53 Å². The molecule has 0 spiro atoms. The van der Waals surface area contributed by atoms with Crippen LogP contribution in [-0.4, -0.2) is 30.6 Å². The van der Waals surface area contributed by atoms with E-state index in [1.807, 2.05) is 24.3 Å². The first-order chi connectivity index (χ1) is 8.31. The standard InChI is InChI=1S/C15H21NO2/c1-14(2)10-16(11-15(3,4)18-14)13-7-5-12(9-17)6-8-13/h5-9H,10-11H2,1-4H3. The number of anilines is 1. The fourth-order valence-corrected chi connectivity index (χ4v) is 2.73. The molecule has 1 aliphatic heterocycles. The summed E-state index contributed by atoms with van der Waals surface area (Å²) >= 11 is 0. The number of nitrogens with zero attached hydrogens (tertiary/aromatic N) is 1. The molecule has 0 N–H and O–H groups in total. The van der Waals surface area contributed by atoms with Crippen molar-refractivity contribution in [2.24, 2.45) is 0 Å². The normalized spacial score (nSPS) is 21.7. The van der Waals surface area contributed by atoms with Gasteiger partial charge in [0.05, 0.1) is 11.2 Å². The highest BCUT2D eigenvalue weighted by Gasteiger charge is 2.38. The minimum absolute atomic E-state index is 0.162. The Morgan fingerprint density at radius 3 is 2.00 bits per heavy atom. The minimum Gasteiger partial charge on any atom is -0.366 e. The van der Waals surface area contributed by atoms with Gasteiger partial charge in [0.1, 0.15) is 6.29 Å². The van der Waals surface area contributed by atoms with E-state index in [0.717, 1.165) is 25.1 Å². The van der Waals surface area contributed by atoms with Gasteiger partial charge in [0.25, 0.3) is 0 Å². The van der Waals surface area contributed by atoms with Crippen molar-refractivity contribution in [3.63, 3.8) is 0 Å². The Labute approximate surface area is 109 Å². The van der Waals surface area contributed by atoms with Gasteiger partial charge in [-0.2, -0.15) is 0 Å². The Balaban J connectivity index is 2.23. The highest BCUT2D eigenvalue weighted by molar-refractivity contribution is 5.75. The Hall–Kier alpha value is -1.35. The maximum absolute atomic E-state index is 10.7. The van der Waals surface area contributed by atoms with Gasteiger partial charge in [-0.05, 0) is 52.0 Å². The smallest absolute Gasteiger partial charge is 0.150 e. The number of ether oxygens (including phenoxy) is 1. The van der Waals surface area contributed by atoms with Gasteiger partial charge in [-0.15, -0.1) is 0 Å². The topological polar surface area (TPSA) is 29.5 Å². The van der Waals surface area contributed by atoms with Crippen molar-refractivity contribution in [1.29, 1.82) is 0 Å². The van der Waals surface area contributed by atoms with E-state index in [-0.39, 0.29) is 11.2 Å². The molecule has 0 radical (unpaired) electrons. The summed E-state index contributed by atoms with van der Waals surface area (Å²) in [6, 6.07) is 7.72. The first-order valence-electron chi connectivity index (χ1n) is 6.32. The average molecular weight is 247 g/mol. The molecule has 0 aliphatic carbocycles. The number of hydrogen-bond donors (Lipinski definition) is 0. The van der Waals surface area contributed by atoms with E-state index in [1.54, 1.807) is 0 Å². The molecule has 0 saturated carbocycles. The van der Waals surface area contributed by atoms with Crippen LogP contribution < -0.4 is 4.90 Å². The van der Waals surface area contributed by atoms with Crippen molar-refractivity contribution in [2.45, 2.75) is 38.9 Å². The molecule has 1 heterocycles. The summed E-state index contributed by atoms with van der Waals surface area (Å²) in [6.07, 6.45) is 0.872. The number of carbonyl (C=O) groups is 1. The quantitative estimate of drug-likeness (QED) is 0.753. The zero-order valence-electron chi connectivity index (χ0n) is 11.6. The van der Waals surface area contributed by atoms with E-state index in [1.165, 1.54) is 0 Å². The average Bonchev–Trinajstić information content (AvgIpc) is 2.25. The number of morpholine rings is 1. The molecule has 1 fully saturated rings. The lowest BCUT2D eigenvalue weighted by Crippen LogP contribution is -2.57. The van der Waals surface area contributed by atoms with E-state index in [4.69, 9.17) is 4.74 Å². The third-order valence-electron chi connectivity index (χ3n) is 3.09. The monoisotopic (exact) mass is 247 g/mol. The van der Waals surface area contributed by atoms with Crippen LogP contribution in [0.15, 0.2) is 24.3 Å². The van der Waals surface area contributed by atoms with Gasteiger partial charge in [0.15, 0.2) is 0 Å². The van der Waals surface area contributed by atoms with Crippen LogP contribution in [-0.2, 0) is 4.74 Å². The summed E-state index contributed by atoms with van der Waals surface area (Å²) in [7, 11) is 0. The van der Waals surface area contributed by atoms with Crippen molar-refractivity contribution in [3.8, 4) is 0 Å². The predicted molar refractivity (Wildman–Crippen MR) is 73.3 cm³/mol. The highest BCUT2D eigenvalue weighted by atomic mass is 16.5. The molecule has 0 unspecified atom stereocenters. The second-order valence-electron chi connectivity index (χ2n) is 6.19. The van der Waals surface area contributed by atoms with Gasteiger partial charge < -0.3 is 9.64 Å². The van der Waals surface area contributed by atoms with Gasteiger partial charge >= 0.3 is 0 Å². The molecule has 98 valence electrons.